The summed E-state index contributed by atoms with van der Waals surface area (Å²) in [6.45, 7) is 11.4. The quantitative estimate of drug-likeness (QED) is 0.696. The van der Waals surface area contributed by atoms with E-state index >= 15 is 0 Å². The molecule has 0 saturated carbocycles. The molecule has 6 nitrogen and oxygen atoms in total. The summed E-state index contributed by atoms with van der Waals surface area (Å²) in [5.74, 6) is 0.610. The minimum atomic E-state index is -3.23. The second kappa shape index (κ2) is 9.57. The van der Waals surface area contributed by atoms with Gasteiger partial charge in [-0.3, -0.25) is 4.79 Å². The van der Waals surface area contributed by atoms with E-state index in [1.54, 1.807) is 0 Å². The van der Waals surface area contributed by atoms with E-state index in [-0.39, 0.29) is 17.7 Å². The lowest BCUT2D eigenvalue weighted by Crippen LogP contribution is -2.47. The third-order valence-corrected chi connectivity index (χ3v) is 7.70. The maximum Gasteiger partial charge on any atom is 0.255 e. The molecular weight excluding hydrogens is 410 g/mol. The van der Waals surface area contributed by atoms with Gasteiger partial charge in [-0.05, 0) is 62.8 Å². The molecule has 7 heteroatoms. The summed E-state index contributed by atoms with van der Waals surface area (Å²) in [4.78, 5) is 15.1. The average Bonchev–Trinajstić information content (AvgIpc) is 3.01. The molecule has 1 amide bonds. The second-order valence-electron chi connectivity index (χ2n) is 8.87. The summed E-state index contributed by atoms with van der Waals surface area (Å²) in [7, 11) is -3.23. The molecule has 0 spiro atoms. The normalized spacial score (nSPS) is 15.6. The number of carbonyl (C=O) groups excluding carboxylic acids is 1. The molecule has 3 rings (SSSR count). The number of hydrogen-bond acceptors (Lipinski definition) is 3. The van der Waals surface area contributed by atoms with Crippen molar-refractivity contribution >= 4 is 15.9 Å². The van der Waals surface area contributed by atoms with Crippen molar-refractivity contribution in [3.8, 4) is 5.69 Å². The molecule has 1 fully saturated rings. The topological polar surface area (TPSA) is 71.4 Å². The Bertz CT molecular complexity index is 1030. The predicted octanol–water partition coefficient (Wildman–Crippen LogP) is 4.15. The van der Waals surface area contributed by atoms with E-state index in [0.29, 0.717) is 38.3 Å². The predicted molar refractivity (Wildman–Crippen MR) is 125 cm³/mol. The minimum absolute atomic E-state index is 0.0224. The van der Waals surface area contributed by atoms with Crippen molar-refractivity contribution in [1.82, 2.24) is 14.2 Å². The smallest absolute Gasteiger partial charge is 0.255 e. The highest BCUT2D eigenvalue weighted by atomic mass is 32.2. The summed E-state index contributed by atoms with van der Waals surface area (Å²) >= 11 is 0. The lowest BCUT2D eigenvalue weighted by Gasteiger charge is -2.32. The maximum absolute atomic E-state index is 13.3. The first-order chi connectivity index (χ1) is 14.6. The van der Waals surface area contributed by atoms with Gasteiger partial charge in [0, 0.05) is 36.2 Å². The maximum atomic E-state index is 13.3. The van der Waals surface area contributed by atoms with Crippen molar-refractivity contribution in [3.63, 3.8) is 0 Å². The van der Waals surface area contributed by atoms with Gasteiger partial charge in [0.1, 0.15) is 0 Å². The van der Waals surface area contributed by atoms with Crippen LogP contribution in [0.15, 0.2) is 30.3 Å². The molecule has 0 aliphatic carbocycles. The van der Waals surface area contributed by atoms with Gasteiger partial charge >= 0.3 is 0 Å². The number of carbonyl (C=O) groups is 1. The van der Waals surface area contributed by atoms with Crippen LogP contribution in [0.3, 0.4) is 0 Å². The van der Waals surface area contributed by atoms with Crippen LogP contribution in [0.4, 0.5) is 0 Å². The lowest BCUT2D eigenvalue weighted by atomic mass is 10.0. The van der Waals surface area contributed by atoms with E-state index in [4.69, 9.17) is 0 Å². The molecule has 0 atom stereocenters. The van der Waals surface area contributed by atoms with Crippen molar-refractivity contribution in [2.45, 2.75) is 65.8 Å². The van der Waals surface area contributed by atoms with Gasteiger partial charge in [-0.1, -0.05) is 32.9 Å². The van der Waals surface area contributed by atoms with Crippen molar-refractivity contribution in [2.75, 3.05) is 18.8 Å². The summed E-state index contributed by atoms with van der Waals surface area (Å²) in [6, 6.07) is 10.3. The van der Waals surface area contributed by atoms with Crippen LogP contribution >= 0.6 is 0 Å². The molecule has 1 saturated heterocycles. The van der Waals surface area contributed by atoms with Gasteiger partial charge in [0.15, 0.2) is 0 Å². The monoisotopic (exact) mass is 445 g/mol. The molecule has 1 aliphatic heterocycles. The molecule has 1 aliphatic rings. The molecule has 31 heavy (non-hydrogen) atoms. The van der Waals surface area contributed by atoms with E-state index < -0.39 is 10.0 Å². The number of nitrogens with zero attached hydrogens (tertiary/aromatic N) is 2. The Morgan fingerprint density at radius 1 is 1.16 bits per heavy atom. The number of hydrogen-bond donors (Lipinski definition) is 1. The molecule has 0 radical (unpaired) electrons. The van der Waals surface area contributed by atoms with E-state index in [1.165, 1.54) is 5.56 Å². The first kappa shape index (κ1) is 23.5. The van der Waals surface area contributed by atoms with Crippen molar-refractivity contribution < 1.29 is 13.2 Å². The van der Waals surface area contributed by atoms with E-state index in [2.05, 4.69) is 47.4 Å². The number of nitrogens with one attached hydrogen (secondary N) is 1. The highest BCUT2D eigenvalue weighted by Crippen LogP contribution is 2.25. The van der Waals surface area contributed by atoms with Crippen molar-refractivity contribution in [2.24, 2.45) is 0 Å². The van der Waals surface area contributed by atoms with E-state index in [9.17, 15) is 13.2 Å². The number of likely N-dealkylation sites (tertiary alicyclic amines) is 1. The Morgan fingerprint density at radius 2 is 1.84 bits per heavy atom. The standard InChI is InChI=1S/C24H35N3O3S/c1-6-14-31(29,30)25-21-10-12-26(13-11-21)24(28)23-15-18(4)27(19(23)5)22-9-7-8-20(16-22)17(2)3/h7-9,15-17,21,25H,6,10-14H2,1-5H3. The van der Waals surface area contributed by atoms with Crippen LogP contribution in [0.25, 0.3) is 5.69 Å². The first-order valence-corrected chi connectivity index (χ1v) is 12.9. The molecular formula is C24H35N3O3S. The molecule has 0 unspecified atom stereocenters. The van der Waals surface area contributed by atoms with Crippen LogP contribution < -0.4 is 4.72 Å². The Hall–Kier alpha value is -2.12. The average molecular weight is 446 g/mol. The van der Waals surface area contributed by atoms with Crippen LogP contribution in [-0.4, -0.2) is 48.7 Å². The molecule has 0 bridgehead atoms. The van der Waals surface area contributed by atoms with Gasteiger partial charge < -0.3 is 9.47 Å². The number of sulfonamides is 1. The lowest BCUT2D eigenvalue weighted by molar-refractivity contribution is 0.0710. The summed E-state index contributed by atoms with van der Waals surface area (Å²) in [5, 5.41) is 0. The Kier molecular flexibility index (Phi) is 7.27. The molecule has 1 aromatic heterocycles. The van der Waals surface area contributed by atoms with Crippen molar-refractivity contribution in [1.29, 1.82) is 0 Å². The first-order valence-electron chi connectivity index (χ1n) is 11.2. The van der Waals surface area contributed by atoms with Gasteiger partial charge in [0.2, 0.25) is 10.0 Å². The number of rotatable bonds is 7. The Morgan fingerprint density at radius 3 is 2.45 bits per heavy atom. The van der Waals surface area contributed by atoms with Crippen LogP contribution in [0.5, 0.6) is 0 Å². The SMILES string of the molecule is CCCS(=O)(=O)NC1CCN(C(=O)c2cc(C)n(-c3cccc(C(C)C)c3)c2C)CC1. The highest BCUT2D eigenvalue weighted by molar-refractivity contribution is 7.89. The number of piperidine rings is 1. The molecule has 2 heterocycles. The fraction of sp³-hybridized carbons (Fsp3) is 0.542. The van der Waals surface area contributed by atoms with Crippen LogP contribution in [0.2, 0.25) is 0 Å². The van der Waals surface area contributed by atoms with Gasteiger partial charge in [-0.25, -0.2) is 13.1 Å². The number of aromatic nitrogens is 1. The van der Waals surface area contributed by atoms with Crippen LogP contribution in [0.1, 0.15) is 73.3 Å². The third kappa shape index (κ3) is 5.39. The van der Waals surface area contributed by atoms with Crippen LogP contribution in [0, 0.1) is 13.8 Å². The molecule has 2 aromatic rings. The Balaban J connectivity index is 1.74. The number of amides is 1. The second-order valence-corrected chi connectivity index (χ2v) is 10.7. The van der Waals surface area contributed by atoms with E-state index in [0.717, 1.165) is 22.6 Å². The largest absolute Gasteiger partial charge is 0.338 e. The van der Waals surface area contributed by atoms with Gasteiger partial charge in [-0.2, -0.15) is 0 Å². The summed E-state index contributed by atoms with van der Waals surface area (Å²) in [6.07, 6.45) is 1.88. The van der Waals surface area contributed by atoms with Gasteiger partial charge in [0.05, 0.1) is 11.3 Å². The van der Waals surface area contributed by atoms with Crippen LogP contribution in [-0.2, 0) is 10.0 Å². The fourth-order valence-corrected chi connectivity index (χ4v) is 5.75. The van der Waals surface area contributed by atoms with E-state index in [1.807, 2.05) is 31.7 Å². The number of aryl methyl sites for hydroxylation is 1. The van der Waals surface area contributed by atoms with Crippen molar-refractivity contribution in [3.05, 3.63) is 52.8 Å². The minimum Gasteiger partial charge on any atom is -0.338 e. The zero-order chi connectivity index (χ0) is 22.8. The number of benzene rings is 1. The summed E-state index contributed by atoms with van der Waals surface area (Å²) < 4.78 is 29.0. The Labute approximate surface area is 186 Å². The fourth-order valence-electron chi connectivity index (χ4n) is 4.35. The third-order valence-electron chi connectivity index (χ3n) is 6.06. The van der Waals surface area contributed by atoms with Gasteiger partial charge in [-0.15, -0.1) is 0 Å². The summed E-state index contributed by atoms with van der Waals surface area (Å²) in [5.41, 5.74) is 5.03. The zero-order valence-corrected chi connectivity index (χ0v) is 20.1. The molecule has 1 aromatic carbocycles. The zero-order valence-electron chi connectivity index (χ0n) is 19.3. The van der Waals surface area contributed by atoms with Gasteiger partial charge in [0.25, 0.3) is 5.91 Å². The molecule has 170 valence electrons. The molecule has 1 N–H and O–H groups in total. The highest BCUT2D eigenvalue weighted by Gasteiger charge is 2.28.